The number of H-pyrrole nitrogens is 1. The minimum absolute atomic E-state index is 0.0194. The number of fused-ring (bicyclic) bond motifs is 2. The summed E-state index contributed by atoms with van der Waals surface area (Å²) in [6.45, 7) is 1.48. The van der Waals surface area contributed by atoms with Crippen LogP contribution in [0.3, 0.4) is 0 Å². The van der Waals surface area contributed by atoms with E-state index in [2.05, 4.69) is 25.7 Å². The van der Waals surface area contributed by atoms with Crippen LogP contribution < -0.4 is 21.1 Å². The maximum atomic E-state index is 13.3. The summed E-state index contributed by atoms with van der Waals surface area (Å²) in [6, 6.07) is 14.7. The van der Waals surface area contributed by atoms with Gasteiger partial charge < -0.3 is 19.8 Å². The van der Waals surface area contributed by atoms with E-state index in [1.54, 1.807) is 48.5 Å². The number of alkyl halides is 1. The molecule has 0 aliphatic rings. The fourth-order valence-corrected chi connectivity index (χ4v) is 3.78. The van der Waals surface area contributed by atoms with Crippen LogP contribution in [-0.4, -0.2) is 37.8 Å². The topological polar surface area (TPSA) is 144 Å². The van der Waals surface area contributed by atoms with Crippen molar-refractivity contribution in [1.82, 2.24) is 30.2 Å². The third kappa shape index (κ3) is 5.17. The molecule has 2 aromatic carbocycles. The Morgan fingerprint density at radius 3 is 2.76 bits per heavy atom. The predicted molar refractivity (Wildman–Crippen MR) is 130 cm³/mol. The highest BCUT2D eigenvalue weighted by Crippen LogP contribution is 2.20. The highest BCUT2D eigenvalue weighted by molar-refractivity contribution is 5.98. The molecule has 12 heteroatoms. The van der Waals surface area contributed by atoms with E-state index < -0.39 is 23.9 Å². The number of halogens is 1. The van der Waals surface area contributed by atoms with Crippen molar-refractivity contribution < 1.29 is 23.1 Å². The SMILES string of the molecule is CC(F)Oc1ccccc1CNC(=O)c1cc(C(=O)NCc2ccc3oc(=O)[nH]c3c2)nc2ccnn12. The Morgan fingerprint density at radius 1 is 1.11 bits per heavy atom. The van der Waals surface area contributed by atoms with E-state index >= 15 is 0 Å². The predicted octanol–water partition coefficient (Wildman–Crippen LogP) is 2.72. The summed E-state index contributed by atoms with van der Waals surface area (Å²) < 4.78 is 24.8. The van der Waals surface area contributed by atoms with Gasteiger partial charge in [-0.2, -0.15) is 5.10 Å². The lowest BCUT2D eigenvalue weighted by atomic mass is 10.2. The number of para-hydroxylation sites is 1. The fourth-order valence-electron chi connectivity index (χ4n) is 3.78. The number of aromatic amines is 1. The minimum atomic E-state index is -1.51. The van der Waals surface area contributed by atoms with Crippen LogP contribution in [0.25, 0.3) is 16.7 Å². The molecule has 0 saturated heterocycles. The first kappa shape index (κ1) is 23.7. The van der Waals surface area contributed by atoms with Crippen molar-refractivity contribution in [3.05, 3.63) is 93.9 Å². The molecular formula is C25H21FN6O5. The van der Waals surface area contributed by atoms with Crippen molar-refractivity contribution in [2.24, 2.45) is 0 Å². The van der Waals surface area contributed by atoms with E-state index in [-0.39, 0.29) is 24.5 Å². The molecule has 0 bridgehead atoms. The number of oxazole rings is 1. The van der Waals surface area contributed by atoms with Crippen molar-refractivity contribution in [3.63, 3.8) is 0 Å². The standard InChI is InChI=1S/C25H21FN6O5/c1-14(26)36-20-5-3-2-4-16(20)13-28-24(34)19-11-18(30-22-8-9-29-32(19)22)23(33)27-12-15-6-7-21-17(10-15)31-25(35)37-21/h2-11,14H,12-13H2,1H3,(H,27,33)(H,28,34)(H,31,35). The van der Waals surface area contributed by atoms with Crippen LogP contribution in [0.2, 0.25) is 0 Å². The number of amides is 2. The number of hydrogen-bond acceptors (Lipinski definition) is 7. The lowest BCUT2D eigenvalue weighted by molar-refractivity contribution is 0.0845. The van der Waals surface area contributed by atoms with Crippen LogP contribution in [0, 0.1) is 0 Å². The highest BCUT2D eigenvalue weighted by Gasteiger charge is 2.18. The number of carbonyl (C=O) groups is 2. The summed E-state index contributed by atoms with van der Waals surface area (Å²) in [5.74, 6) is -1.26. The summed E-state index contributed by atoms with van der Waals surface area (Å²) in [5, 5.41) is 9.64. The van der Waals surface area contributed by atoms with E-state index in [0.29, 0.717) is 28.1 Å². The first-order valence-corrected chi connectivity index (χ1v) is 11.3. The zero-order valence-electron chi connectivity index (χ0n) is 19.5. The molecule has 0 spiro atoms. The molecule has 37 heavy (non-hydrogen) atoms. The number of hydrogen-bond donors (Lipinski definition) is 3. The number of carbonyl (C=O) groups excluding carboxylic acids is 2. The van der Waals surface area contributed by atoms with Gasteiger partial charge in [0.15, 0.2) is 11.2 Å². The molecule has 0 aliphatic heterocycles. The van der Waals surface area contributed by atoms with Gasteiger partial charge in [0, 0.05) is 37.7 Å². The van der Waals surface area contributed by atoms with E-state index in [1.165, 1.54) is 23.7 Å². The molecule has 0 fully saturated rings. The average molecular weight is 504 g/mol. The third-order valence-electron chi connectivity index (χ3n) is 5.46. The van der Waals surface area contributed by atoms with Gasteiger partial charge >= 0.3 is 5.76 Å². The molecule has 0 saturated carbocycles. The zero-order chi connectivity index (χ0) is 25.9. The Morgan fingerprint density at radius 2 is 1.92 bits per heavy atom. The number of aromatic nitrogens is 4. The van der Waals surface area contributed by atoms with Gasteiger partial charge in [-0.05, 0) is 23.8 Å². The van der Waals surface area contributed by atoms with Gasteiger partial charge in [0.25, 0.3) is 11.8 Å². The molecule has 5 aromatic rings. The molecule has 3 aromatic heterocycles. The van der Waals surface area contributed by atoms with Crippen molar-refractivity contribution in [1.29, 1.82) is 0 Å². The largest absolute Gasteiger partial charge is 0.460 e. The molecule has 11 nitrogen and oxygen atoms in total. The van der Waals surface area contributed by atoms with Gasteiger partial charge in [-0.25, -0.2) is 18.7 Å². The number of nitrogens with one attached hydrogen (secondary N) is 3. The summed E-state index contributed by atoms with van der Waals surface area (Å²) in [5.41, 5.74) is 2.66. The average Bonchev–Trinajstić information content (AvgIpc) is 3.50. The molecule has 188 valence electrons. The molecule has 0 radical (unpaired) electrons. The van der Waals surface area contributed by atoms with E-state index in [0.717, 1.165) is 5.56 Å². The zero-order valence-corrected chi connectivity index (χ0v) is 19.5. The van der Waals surface area contributed by atoms with Crippen LogP contribution in [0.15, 0.2) is 70.0 Å². The lowest BCUT2D eigenvalue weighted by Crippen LogP contribution is -2.28. The smallest absolute Gasteiger partial charge is 0.417 e. The number of rotatable bonds is 8. The molecule has 3 heterocycles. The first-order valence-electron chi connectivity index (χ1n) is 11.3. The van der Waals surface area contributed by atoms with Crippen LogP contribution in [0.1, 0.15) is 39.0 Å². The fraction of sp³-hybridized carbons (Fsp3) is 0.160. The quantitative estimate of drug-likeness (QED) is 0.295. The van der Waals surface area contributed by atoms with Crippen molar-refractivity contribution >= 4 is 28.6 Å². The van der Waals surface area contributed by atoms with Crippen molar-refractivity contribution in [2.75, 3.05) is 0 Å². The van der Waals surface area contributed by atoms with Gasteiger partial charge in [0.05, 0.1) is 11.7 Å². The Bertz CT molecular complexity index is 1670. The molecule has 2 amide bonds. The van der Waals surface area contributed by atoms with Crippen LogP contribution in [0.4, 0.5) is 4.39 Å². The number of nitrogens with zero attached hydrogens (tertiary/aromatic N) is 3. The monoisotopic (exact) mass is 504 g/mol. The Labute approximate surface area is 208 Å². The van der Waals surface area contributed by atoms with Crippen LogP contribution >= 0.6 is 0 Å². The summed E-state index contributed by atoms with van der Waals surface area (Å²) >= 11 is 0. The summed E-state index contributed by atoms with van der Waals surface area (Å²) in [6.07, 6.45) is -0.0428. The van der Waals surface area contributed by atoms with Gasteiger partial charge in [-0.15, -0.1) is 0 Å². The van der Waals surface area contributed by atoms with Crippen LogP contribution in [-0.2, 0) is 13.1 Å². The Hall–Kier alpha value is -5.00. The first-order chi connectivity index (χ1) is 17.9. The highest BCUT2D eigenvalue weighted by atomic mass is 19.1. The second-order valence-electron chi connectivity index (χ2n) is 8.11. The van der Waals surface area contributed by atoms with E-state index in [9.17, 15) is 18.8 Å². The normalized spacial score (nSPS) is 11.9. The van der Waals surface area contributed by atoms with Gasteiger partial charge in [-0.1, -0.05) is 24.3 Å². The molecular weight excluding hydrogens is 483 g/mol. The number of benzene rings is 2. The summed E-state index contributed by atoms with van der Waals surface area (Å²) in [7, 11) is 0. The van der Waals surface area contributed by atoms with E-state index in [4.69, 9.17) is 9.15 Å². The Balaban J connectivity index is 1.33. The maximum absolute atomic E-state index is 13.3. The summed E-state index contributed by atoms with van der Waals surface area (Å²) in [4.78, 5) is 44.2. The molecule has 5 rings (SSSR count). The second kappa shape index (κ2) is 9.93. The maximum Gasteiger partial charge on any atom is 0.417 e. The number of ether oxygens (including phenoxy) is 1. The third-order valence-corrected chi connectivity index (χ3v) is 5.46. The van der Waals surface area contributed by atoms with E-state index in [1.807, 2.05) is 0 Å². The van der Waals surface area contributed by atoms with Gasteiger partial charge in [0.2, 0.25) is 6.36 Å². The van der Waals surface area contributed by atoms with Gasteiger partial charge in [0.1, 0.15) is 17.1 Å². The van der Waals surface area contributed by atoms with Crippen molar-refractivity contribution in [2.45, 2.75) is 26.4 Å². The minimum Gasteiger partial charge on any atom is -0.460 e. The van der Waals surface area contributed by atoms with Crippen LogP contribution in [0.5, 0.6) is 5.75 Å². The Kier molecular flexibility index (Phi) is 6.37. The second-order valence-corrected chi connectivity index (χ2v) is 8.11. The van der Waals surface area contributed by atoms with Crippen molar-refractivity contribution in [3.8, 4) is 5.75 Å². The molecule has 0 aliphatic carbocycles. The molecule has 3 N–H and O–H groups in total. The molecule has 1 atom stereocenters. The lowest BCUT2D eigenvalue weighted by Gasteiger charge is -2.13. The molecule has 1 unspecified atom stereocenters. The van der Waals surface area contributed by atoms with Gasteiger partial charge in [-0.3, -0.25) is 14.6 Å².